The molecule has 1 aliphatic rings. The molecule has 1 aliphatic carbocycles. The first kappa shape index (κ1) is 14.5. The molecular formula is C17H26O2. The quantitative estimate of drug-likeness (QED) is 0.878. The van der Waals surface area contributed by atoms with Gasteiger partial charge in [0.15, 0.2) is 0 Å². The summed E-state index contributed by atoms with van der Waals surface area (Å²) in [5.41, 5.74) is 2.67. The maximum Gasteiger partial charge on any atom is 0.0908 e. The number of rotatable bonds is 3. The van der Waals surface area contributed by atoms with Crippen LogP contribution in [0.2, 0.25) is 0 Å². The van der Waals surface area contributed by atoms with Crippen LogP contribution in [0, 0.1) is 19.8 Å². The van der Waals surface area contributed by atoms with Crippen LogP contribution in [0.4, 0.5) is 0 Å². The Hall–Kier alpha value is -0.860. The molecule has 106 valence electrons. The molecule has 0 radical (unpaired) electrons. The average molecular weight is 262 g/mol. The first-order chi connectivity index (χ1) is 8.89. The fraction of sp³-hybridized carbons (Fsp3) is 0.647. The van der Waals surface area contributed by atoms with Crippen LogP contribution in [-0.4, -0.2) is 21.9 Å². The highest BCUT2D eigenvalue weighted by Crippen LogP contribution is 2.35. The van der Waals surface area contributed by atoms with E-state index in [0.717, 1.165) is 31.2 Å². The van der Waals surface area contributed by atoms with Crippen LogP contribution in [0.3, 0.4) is 0 Å². The minimum Gasteiger partial charge on any atom is -0.390 e. The van der Waals surface area contributed by atoms with Crippen molar-refractivity contribution in [2.45, 2.75) is 64.6 Å². The van der Waals surface area contributed by atoms with Crippen molar-refractivity contribution in [1.29, 1.82) is 0 Å². The number of aliphatic hydroxyl groups excluding tert-OH is 1. The molecule has 1 saturated carbocycles. The van der Waals surface area contributed by atoms with E-state index >= 15 is 0 Å². The third-order valence-electron chi connectivity index (χ3n) is 4.47. The van der Waals surface area contributed by atoms with Gasteiger partial charge < -0.3 is 10.2 Å². The Morgan fingerprint density at radius 3 is 2.21 bits per heavy atom. The van der Waals surface area contributed by atoms with Gasteiger partial charge in [0.05, 0.1) is 11.7 Å². The molecule has 0 spiro atoms. The fourth-order valence-corrected chi connectivity index (χ4v) is 3.20. The molecule has 1 unspecified atom stereocenters. The molecule has 0 aliphatic heterocycles. The highest BCUT2D eigenvalue weighted by molar-refractivity contribution is 5.29. The molecule has 0 amide bonds. The second-order valence-corrected chi connectivity index (χ2v) is 6.50. The van der Waals surface area contributed by atoms with Crippen molar-refractivity contribution in [3.05, 3.63) is 34.9 Å². The summed E-state index contributed by atoms with van der Waals surface area (Å²) in [5, 5.41) is 21.0. The number of hydrogen-bond donors (Lipinski definition) is 2. The molecule has 1 atom stereocenters. The normalized spacial score (nSPS) is 29.2. The van der Waals surface area contributed by atoms with E-state index < -0.39 is 11.7 Å². The first-order valence-corrected chi connectivity index (χ1v) is 7.37. The fourth-order valence-electron chi connectivity index (χ4n) is 3.20. The van der Waals surface area contributed by atoms with E-state index in [-0.39, 0.29) is 0 Å². The van der Waals surface area contributed by atoms with E-state index in [9.17, 15) is 10.2 Å². The summed E-state index contributed by atoms with van der Waals surface area (Å²) in [4.78, 5) is 0. The van der Waals surface area contributed by atoms with Crippen LogP contribution in [0.1, 0.15) is 49.3 Å². The maximum atomic E-state index is 10.6. The van der Waals surface area contributed by atoms with E-state index in [1.54, 1.807) is 0 Å². The number of aryl methyl sites for hydroxylation is 2. The van der Waals surface area contributed by atoms with Crippen LogP contribution in [0.5, 0.6) is 0 Å². The topological polar surface area (TPSA) is 40.5 Å². The van der Waals surface area contributed by atoms with Crippen LogP contribution >= 0.6 is 0 Å². The van der Waals surface area contributed by atoms with Gasteiger partial charge in [-0.25, -0.2) is 0 Å². The van der Waals surface area contributed by atoms with Crippen LogP contribution < -0.4 is 0 Å². The molecule has 2 N–H and O–H groups in total. The Morgan fingerprint density at radius 2 is 1.68 bits per heavy atom. The molecule has 1 aromatic rings. The second kappa shape index (κ2) is 5.64. The van der Waals surface area contributed by atoms with Gasteiger partial charge in [-0.1, -0.05) is 36.2 Å². The van der Waals surface area contributed by atoms with Gasteiger partial charge in [-0.15, -0.1) is 0 Å². The number of hydrogen-bond acceptors (Lipinski definition) is 2. The molecule has 2 rings (SSSR count). The summed E-state index contributed by atoms with van der Waals surface area (Å²) >= 11 is 0. The van der Waals surface area contributed by atoms with Crippen molar-refractivity contribution in [1.82, 2.24) is 0 Å². The van der Waals surface area contributed by atoms with Gasteiger partial charge >= 0.3 is 0 Å². The molecule has 2 heteroatoms. The van der Waals surface area contributed by atoms with E-state index in [1.165, 1.54) is 11.1 Å². The summed E-state index contributed by atoms with van der Waals surface area (Å²) in [6.45, 7) is 6.36. The summed E-state index contributed by atoms with van der Waals surface area (Å²) in [6, 6.07) is 6.34. The van der Waals surface area contributed by atoms with Crippen LogP contribution in [-0.2, 0) is 6.42 Å². The molecular weight excluding hydrogens is 236 g/mol. The Kier molecular flexibility index (Phi) is 4.32. The SMILES string of the molecule is Cc1cc(C)cc(CC(O)C2(O)CCC(C)CC2)c1. The van der Waals surface area contributed by atoms with Crippen molar-refractivity contribution >= 4 is 0 Å². The molecule has 2 nitrogen and oxygen atoms in total. The van der Waals surface area contributed by atoms with E-state index in [1.807, 2.05) is 0 Å². The van der Waals surface area contributed by atoms with Gasteiger partial charge in [-0.05, 0) is 51.0 Å². The molecule has 0 heterocycles. The standard InChI is InChI=1S/C17H26O2/c1-12-4-6-17(19,7-5-12)16(18)11-15-9-13(2)8-14(3)10-15/h8-10,12,16,18-19H,4-7,11H2,1-3H3. The van der Waals surface area contributed by atoms with Gasteiger partial charge in [0, 0.05) is 6.42 Å². The lowest BCUT2D eigenvalue weighted by Crippen LogP contribution is -2.46. The lowest BCUT2D eigenvalue weighted by molar-refractivity contribution is -0.102. The lowest BCUT2D eigenvalue weighted by atomic mass is 9.75. The molecule has 0 aromatic heterocycles. The minimum atomic E-state index is -0.885. The monoisotopic (exact) mass is 262 g/mol. The Bertz CT molecular complexity index is 411. The van der Waals surface area contributed by atoms with Gasteiger partial charge in [-0.3, -0.25) is 0 Å². The minimum absolute atomic E-state index is 0.549. The first-order valence-electron chi connectivity index (χ1n) is 7.37. The summed E-state index contributed by atoms with van der Waals surface area (Å²) < 4.78 is 0. The summed E-state index contributed by atoms with van der Waals surface area (Å²) in [7, 11) is 0. The van der Waals surface area contributed by atoms with Gasteiger partial charge in [0.2, 0.25) is 0 Å². The molecule has 0 saturated heterocycles. The van der Waals surface area contributed by atoms with Crippen molar-refractivity contribution < 1.29 is 10.2 Å². The highest BCUT2D eigenvalue weighted by atomic mass is 16.3. The molecule has 19 heavy (non-hydrogen) atoms. The molecule has 1 fully saturated rings. The average Bonchev–Trinajstić information content (AvgIpc) is 2.32. The maximum absolute atomic E-state index is 10.6. The van der Waals surface area contributed by atoms with Crippen molar-refractivity contribution in [2.24, 2.45) is 5.92 Å². The second-order valence-electron chi connectivity index (χ2n) is 6.50. The predicted octanol–water partition coefficient (Wildman–Crippen LogP) is 3.15. The smallest absolute Gasteiger partial charge is 0.0908 e. The zero-order chi connectivity index (χ0) is 14.0. The Balaban J connectivity index is 2.05. The van der Waals surface area contributed by atoms with E-state index in [0.29, 0.717) is 12.3 Å². The zero-order valence-electron chi connectivity index (χ0n) is 12.3. The van der Waals surface area contributed by atoms with Gasteiger partial charge in [0.25, 0.3) is 0 Å². The molecule has 1 aromatic carbocycles. The third kappa shape index (κ3) is 3.58. The van der Waals surface area contributed by atoms with E-state index in [4.69, 9.17) is 0 Å². The Labute approximate surface area is 116 Å². The lowest BCUT2D eigenvalue weighted by Gasteiger charge is -2.38. The van der Waals surface area contributed by atoms with Crippen LogP contribution in [0.15, 0.2) is 18.2 Å². The van der Waals surface area contributed by atoms with Gasteiger partial charge in [0.1, 0.15) is 0 Å². The van der Waals surface area contributed by atoms with Crippen molar-refractivity contribution in [3.63, 3.8) is 0 Å². The largest absolute Gasteiger partial charge is 0.390 e. The number of benzene rings is 1. The highest BCUT2D eigenvalue weighted by Gasteiger charge is 2.38. The van der Waals surface area contributed by atoms with Gasteiger partial charge in [-0.2, -0.15) is 0 Å². The van der Waals surface area contributed by atoms with E-state index in [2.05, 4.69) is 39.0 Å². The zero-order valence-corrected chi connectivity index (χ0v) is 12.3. The molecule has 0 bridgehead atoms. The summed E-state index contributed by atoms with van der Waals surface area (Å²) in [5.74, 6) is 0.675. The van der Waals surface area contributed by atoms with Crippen molar-refractivity contribution in [3.8, 4) is 0 Å². The number of aliphatic hydroxyl groups is 2. The van der Waals surface area contributed by atoms with Crippen LogP contribution in [0.25, 0.3) is 0 Å². The summed E-state index contributed by atoms with van der Waals surface area (Å²) in [6.07, 6.45) is 3.37. The predicted molar refractivity (Wildman–Crippen MR) is 78.2 cm³/mol. The van der Waals surface area contributed by atoms with Crippen molar-refractivity contribution in [2.75, 3.05) is 0 Å². The third-order valence-corrected chi connectivity index (χ3v) is 4.47. The Morgan fingerprint density at radius 1 is 1.16 bits per heavy atom.